The Labute approximate surface area is 84.6 Å². The van der Waals surface area contributed by atoms with E-state index in [0.29, 0.717) is 11.3 Å². The van der Waals surface area contributed by atoms with Crippen LogP contribution in [0.4, 0.5) is 14.6 Å². The second-order valence-electron chi connectivity index (χ2n) is 2.98. The number of halogens is 2. The molecule has 0 saturated carbocycles. The molecule has 2 rings (SSSR count). The molecule has 0 aliphatic carbocycles. The second kappa shape index (κ2) is 3.61. The van der Waals surface area contributed by atoms with Crippen LogP contribution in [0.3, 0.4) is 0 Å². The fraction of sp³-hybridized carbons (Fsp3) is 0. The van der Waals surface area contributed by atoms with E-state index in [-0.39, 0.29) is 5.82 Å². The van der Waals surface area contributed by atoms with Crippen LogP contribution in [0.5, 0.6) is 0 Å². The number of nitrogens with two attached hydrogens (primary N) is 1. The van der Waals surface area contributed by atoms with E-state index in [2.05, 4.69) is 9.97 Å². The van der Waals surface area contributed by atoms with Gasteiger partial charge in [-0.05, 0) is 12.1 Å². The van der Waals surface area contributed by atoms with Gasteiger partial charge in [0.2, 0.25) is 0 Å². The fourth-order valence-corrected chi connectivity index (χ4v) is 1.19. The van der Waals surface area contributed by atoms with Gasteiger partial charge in [-0.3, -0.25) is 4.98 Å². The lowest BCUT2D eigenvalue weighted by molar-refractivity contribution is 0.584. The van der Waals surface area contributed by atoms with Crippen LogP contribution < -0.4 is 5.73 Å². The smallest absolute Gasteiger partial charge is 0.141 e. The zero-order chi connectivity index (χ0) is 10.8. The lowest BCUT2D eigenvalue weighted by atomic mass is 10.1. The molecule has 0 aliphatic rings. The van der Waals surface area contributed by atoms with Gasteiger partial charge in [0.25, 0.3) is 0 Å². The summed E-state index contributed by atoms with van der Waals surface area (Å²) in [7, 11) is 0. The highest BCUT2D eigenvalue weighted by molar-refractivity contribution is 5.58. The summed E-state index contributed by atoms with van der Waals surface area (Å²) in [5.41, 5.74) is 6.05. The Morgan fingerprint density at radius 1 is 0.933 bits per heavy atom. The molecule has 1 aromatic carbocycles. The maximum Gasteiger partial charge on any atom is 0.141 e. The van der Waals surface area contributed by atoms with E-state index in [4.69, 9.17) is 5.73 Å². The van der Waals surface area contributed by atoms with Gasteiger partial charge in [-0.15, -0.1) is 0 Å². The third-order valence-corrected chi connectivity index (χ3v) is 1.83. The summed E-state index contributed by atoms with van der Waals surface area (Å²) in [4.78, 5) is 7.70. The average molecular weight is 207 g/mol. The first kappa shape index (κ1) is 9.51. The van der Waals surface area contributed by atoms with Gasteiger partial charge in [-0.25, -0.2) is 13.8 Å². The highest BCUT2D eigenvalue weighted by Gasteiger charge is 2.04. The van der Waals surface area contributed by atoms with E-state index in [9.17, 15) is 8.78 Å². The Hall–Kier alpha value is -2.04. The highest BCUT2D eigenvalue weighted by Crippen LogP contribution is 2.18. The quantitative estimate of drug-likeness (QED) is 0.778. The van der Waals surface area contributed by atoms with Crippen molar-refractivity contribution in [2.45, 2.75) is 0 Å². The molecule has 0 bridgehead atoms. The predicted octanol–water partition coefficient (Wildman–Crippen LogP) is 2.00. The van der Waals surface area contributed by atoms with Gasteiger partial charge in [-0.1, -0.05) is 0 Å². The van der Waals surface area contributed by atoms with Crippen molar-refractivity contribution in [2.75, 3.05) is 5.73 Å². The molecule has 3 nitrogen and oxygen atoms in total. The van der Waals surface area contributed by atoms with Crippen molar-refractivity contribution >= 4 is 5.82 Å². The number of anilines is 1. The minimum atomic E-state index is -0.649. The molecule has 2 aromatic rings. The first-order valence-corrected chi connectivity index (χ1v) is 4.19. The minimum absolute atomic E-state index is 0.260. The Balaban J connectivity index is 2.49. The molecule has 0 atom stereocenters. The van der Waals surface area contributed by atoms with Crippen LogP contribution in [-0.2, 0) is 0 Å². The second-order valence-corrected chi connectivity index (χ2v) is 2.98. The summed E-state index contributed by atoms with van der Waals surface area (Å²) >= 11 is 0. The predicted molar refractivity (Wildman–Crippen MR) is 51.8 cm³/mol. The van der Waals surface area contributed by atoms with E-state index >= 15 is 0 Å². The van der Waals surface area contributed by atoms with Crippen LogP contribution in [0.1, 0.15) is 0 Å². The van der Waals surface area contributed by atoms with Gasteiger partial charge >= 0.3 is 0 Å². The first-order valence-electron chi connectivity index (χ1n) is 4.19. The molecule has 0 fully saturated rings. The van der Waals surface area contributed by atoms with Crippen molar-refractivity contribution in [3.05, 3.63) is 42.2 Å². The SMILES string of the molecule is Nc1cnc(-c2cc(F)cc(F)c2)cn1. The number of aromatic nitrogens is 2. The number of benzene rings is 1. The van der Waals surface area contributed by atoms with Crippen molar-refractivity contribution in [1.82, 2.24) is 9.97 Å². The van der Waals surface area contributed by atoms with Crippen LogP contribution in [0.25, 0.3) is 11.3 Å². The van der Waals surface area contributed by atoms with Crippen LogP contribution in [0, 0.1) is 11.6 Å². The van der Waals surface area contributed by atoms with Gasteiger partial charge in [0.1, 0.15) is 17.5 Å². The highest BCUT2D eigenvalue weighted by atomic mass is 19.1. The maximum absolute atomic E-state index is 12.9. The number of hydrogen-bond donors (Lipinski definition) is 1. The van der Waals surface area contributed by atoms with Gasteiger partial charge < -0.3 is 5.73 Å². The van der Waals surface area contributed by atoms with Crippen LogP contribution in [0.2, 0.25) is 0 Å². The van der Waals surface area contributed by atoms with Crippen LogP contribution in [-0.4, -0.2) is 9.97 Å². The van der Waals surface area contributed by atoms with Crippen molar-refractivity contribution in [1.29, 1.82) is 0 Å². The number of nitrogens with zero attached hydrogens (tertiary/aromatic N) is 2. The van der Waals surface area contributed by atoms with Crippen molar-refractivity contribution < 1.29 is 8.78 Å². The van der Waals surface area contributed by atoms with Crippen LogP contribution >= 0.6 is 0 Å². The van der Waals surface area contributed by atoms with E-state index in [0.717, 1.165) is 6.07 Å². The number of nitrogen functional groups attached to an aromatic ring is 1. The molecule has 0 saturated heterocycles. The molecule has 0 unspecified atom stereocenters. The summed E-state index contributed by atoms with van der Waals surface area (Å²) in [6.07, 6.45) is 2.70. The van der Waals surface area contributed by atoms with Crippen LogP contribution in [0.15, 0.2) is 30.6 Å². The standard InChI is InChI=1S/C10H7F2N3/c11-7-1-6(2-8(12)3-7)9-4-15-10(13)5-14-9/h1-5H,(H2,13,15). The normalized spacial score (nSPS) is 10.3. The molecule has 1 aromatic heterocycles. The molecule has 0 radical (unpaired) electrons. The Kier molecular flexibility index (Phi) is 2.29. The molecule has 0 spiro atoms. The molecule has 2 N–H and O–H groups in total. The largest absolute Gasteiger partial charge is 0.382 e. The van der Waals surface area contributed by atoms with Gasteiger partial charge in [0.05, 0.1) is 18.1 Å². The zero-order valence-electron chi connectivity index (χ0n) is 7.61. The molecule has 1 heterocycles. The molecule has 0 aliphatic heterocycles. The van der Waals surface area contributed by atoms with E-state index in [1.165, 1.54) is 24.5 Å². The average Bonchev–Trinajstić information content (AvgIpc) is 2.17. The van der Waals surface area contributed by atoms with Gasteiger partial charge in [0.15, 0.2) is 0 Å². The zero-order valence-corrected chi connectivity index (χ0v) is 7.61. The molecule has 0 amide bonds. The molecule has 15 heavy (non-hydrogen) atoms. The molecular weight excluding hydrogens is 200 g/mol. The van der Waals surface area contributed by atoms with Crippen molar-refractivity contribution in [2.24, 2.45) is 0 Å². The fourth-order valence-electron chi connectivity index (χ4n) is 1.19. The van der Waals surface area contributed by atoms with Crippen molar-refractivity contribution in [3.63, 3.8) is 0 Å². The lowest BCUT2D eigenvalue weighted by Gasteiger charge is -2.01. The molecule has 5 heteroatoms. The van der Waals surface area contributed by atoms with E-state index in [1.807, 2.05) is 0 Å². The third kappa shape index (κ3) is 2.07. The third-order valence-electron chi connectivity index (χ3n) is 1.83. The Morgan fingerprint density at radius 2 is 1.60 bits per heavy atom. The monoisotopic (exact) mass is 207 g/mol. The minimum Gasteiger partial charge on any atom is -0.382 e. The van der Waals surface area contributed by atoms with E-state index < -0.39 is 11.6 Å². The van der Waals surface area contributed by atoms with Gasteiger partial charge in [-0.2, -0.15) is 0 Å². The first-order chi connectivity index (χ1) is 7.15. The molecular formula is C10H7F2N3. The Bertz CT molecular complexity index is 462. The Morgan fingerprint density at radius 3 is 2.13 bits per heavy atom. The number of hydrogen-bond acceptors (Lipinski definition) is 3. The van der Waals surface area contributed by atoms with E-state index in [1.54, 1.807) is 0 Å². The molecule has 76 valence electrons. The summed E-state index contributed by atoms with van der Waals surface area (Å²) < 4.78 is 25.8. The summed E-state index contributed by atoms with van der Waals surface area (Å²) in [6.45, 7) is 0. The summed E-state index contributed by atoms with van der Waals surface area (Å²) in [6, 6.07) is 3.17. The number of rotatable bonds is 1. The lowest BCUT2D eigenvalue weighted by Crippen LogP contribution is -1.93. The summed E-state index contributed by atoms with van der Waals surface area (Å²) in [5, 5.41) is 0. The van der Waals surface area contributed by atoms with Gasteiger partial charge in [0, 0.05) is 11.6 Å². The maximum atomic E-state index is 12.9. The van der Waals surface area contributed by atoms with Crippen molar-refractivity contribution in [3.8, 4) is 11.3 Å². The summed E-state index contributed by atoms with van der Waals surface area (Å²) in [5.74, 6) is -1.04. The topological polar surface area (TPSA) is 51.8 Å².